The third-order valence-corrected chi connectivity index (χ3v) is 4.75. The van der Waals surface area contributed by atoms with Crippen LogP contribution in [0.2, 0.25) is 0 Å². The molecule has 1 heterocycles. The Morgan fingerprint density at radius 3 is 2.65 bits per heavy atom. The van der Waals surface area contributed by atoms with Gasteiger partial charge in [0, 0.05) is 26.7 Å². The number of piperidine rings is 1. The maximum atomic E-state index is 13.4. The minimum atomic E-state index is -0.188. The average Bonchev–Trinajstić information content (AvgIpc) is 2.60. The lowest BCUT2D eigenvalue weighted by molar-refractivity contribution is 0.188. The van der Waals surface area contributed by atoms with Crippen LogP contribution in [0, 0.1) is 11.7 Å². The molecule has 0 spiro atoms. The van der Waals surface area contributed by atoms with Crippen LogP contribution >= 0.6 is 24.0 Å². The van der Waals surface area contributed by atoms with Gasteiger partial charge in [-0.3, -0.25) is 4.99 Å². The Bertz CT molecular complexity index is 544. The first-order valence-electron chi connectivity index (χ1n) is 9.58. The molecule has 0 bridgehead atoms. The van der Waals surface area contributed by atoms with Crippen molar-refractivity contribution in [2.75, 3.05) is 39.8 Å². The molecule has 0 saturated carbocycles. The summed E-state index contributed by atoms with van der Waals surface area (Å²) in [7, 11) is 2.01. The number of rotatable bonds is 7. The van der Waals surface area contributed by atoms with E-state index >= 15 is 0 Å². The summed E-state index contributed by atoms with van der Waals surface area (Å²) < 4.78 is 13.4. The molecule has 1 aromatic carbocycles. The summed E-state index contributed by atoms with van der Waals surface area (Å²) >= 11 is 0. The fourth-order valence-electron chi connectivity index (χ4n) is 3.38. The van der Waals surface area contributed by atoms with E-state index in [9.17, 15) is 4.39 Å². The highest BCUT2D eigenvalue weighted by molar-refractivity contribution is 14.0. The molecule has 0 amide bonds. The molecule has 1 N–H and O–H groups in total. The van der Waals surface area contributed by atoms with E-state index in [0.717, 1.165) is 24.6 Å². The second-order valence-corrected chi connectivity index (χ2v) is 6.97. The Morgan fingerprint density at radius 2 is 2.04 bits per heavy atom. The van der Waals surface area contributed by atoms with Crippen LogP contribution in [0.3, 0.4) is 0 Å². The lowest BCUT2D eigenvalue weighted by atomic mass is 9.97. The molecule has 1 aromatic rings. The van der Waals surface area contributed by atoms with Crippen LogP contribution in [-0.4, -0.2) is 55.5 Å². The van der Waals surface area contributed by atoms with Gasteiger partial charge in [-0.15, -0.1) is 24.0 Å². The Balaban J connectivity index is 0.00000338. The molecule has 0 aliphatic carbocycles. The van der Waals surface area contributed by atoms with Crippen molar-refractivity contribution in [1.29, 1.82) is 0 Å². The number of benzene rings is 1. The van der Waals surface area contributed by atoms with E-state index in [1.807, 2.05) is 13.1 Å². The fraction of sp³-hybridized carbons (Fsp3) is 0.650. The number of guanidine groups is 1. The van der Waals surface area contributed by atoms with E-state index in [1.54, 1.807) is 12.1 Å². The topological polar surface area (TPSA) is 30.9 Å². The molecule has 0 radical (unpaired) electrons. The number of nitrogens with one attached hydrogen (secondary N) is 1. The number of aliphatic imine (C=N–C) groups is 1. The Hall–Kier alpha value is -0.890. The van der Waals surface area contributed by atoms with Gasteiger partial charge in [-0.1, -0.05) is 19.1 Å². The van der Waals surface area contributed by atoms with E-state index in [2.05, 4.69) is 29.0 Å². The third-order valence-electron chi connectivity index (χ3n) is 4.75. The molecule has 0 unspecified atom stereocenters. The highest BCUT2D eigenvalue weighted by Crippen LogP contribution is 2.17. The lowest BCUT2D eigenvalue weighted by Gasteiger charge is -2.31. The molecular weight excluding hydrogens is 442 g/mol. The fourth-order valence-corrected chi connectivity index (χ4v) is 3.38. The largest absolute Gasteiger partial charge is 0.357 e. The zero-order chi connectivity index (χ0) is 18.1. The summed E-state index contributed by atoms with van der Waals surface area (Å²) in [4.78, 5) is 9.48. The van der Waals surface area contributed by atoms with Gasteiger partial charge in [0.05, 0.1) is 0 Å². The summed E-state index contributed by atoms with van der Waals surface area (Å²) in [6, 6.07) is 6.77. The monoisotopic (exact) mass is 476 g/mol. The molecule has 26 heavy (non-hydrogen) atoms. The third kappa shape index (κ3) is 7.78. The predicted octanol–water partition coefficient (Wildman–Crippen LogP) is 3.96. The predicted molar refractivity (Wildman–Crippen MR) is 119 cm³/mol. The zero-order valence-electron chi connectivity index (χ0n) is 16.4. The molecular formula is C20H34FIN4. The van der Waals surface area contributed by atoms with Crippen molar-refractivity contribution in [1.82, 2.24) is 15.1 Å². The van der Waals surface area contributed by atoms with Gasteiger partial charge in [0.15, 0.2) is 5.96 Å². The number of hydrogen-bond acceptors (Lipinski definition) is 2. The van der Waals surface area contributed by atoms with E-state index < -0.39 is 0 Å². The van der Waals surface area contributed by atoms with E-state index in [0.29, 0.717) is 12.5 Å². The number of hydrogen-bond donors (Lipinski definition) is 1. The van der Waals surface area contributed by atoms with Crippen molar-refractivity contribution in [3.8, 4) is 0 Å². The Labute approximate surface area is 175 Å². The molecule has 0 atom stereocenters. The minimum Gasteiger partial charge on any atom is -0.357 e. The number of likely N-dealkylation sites (tertiary alicyclic amines) is 1. The molecule has 1 saturated heterocycles. The van der Waals surface area contributed by atoms with Crippen LogP contribution < -0.4 is 5.32 Å². The number of nitrogens with zero attached hydrogens (tertiary/aromatic N) is 3. The van der Waals surface area contributed by atoms with Gasteiger partial charge in [0.25, 0.3) is 0 Å². The van der Waals surface area contributed by atoms with Crippen LogP contribution in [-0.2, 0) is 6.54 Å². The molecule has 1 aliphatic rings. The van der Waals surface area contributed by atoms with Crippen LogP contribution in [0.4, 0.5) is 4.39 Å². The van der Waals surface area contributed by atoms with Crippen LogP contribution in [0.25, 0.3) is 0 Å². The van der Waals surface area contributed by atoms with Crippen molar-refractivity contribution < 1.29 is 4.39 Å². The molecule has 6 heteroatoms. The van der Waals surface area contributed by atoms with Gasteiger partial charge in [-0.2, -0.15) is 0 Å². The van der Waals surface area contributed by atoms with Crippen LogP contribution in [0.15, 0.2) is 29.3 Å². The van der Waals surface area contributed by atoms with Crippen molar-refractivity contribution in [3.63, 3.8) is 0 Å². The van der Waals surface area contributed by atoms with Gasteiger partial charge < -0.3 is 15.1 Å². The summed E-state index contributed by atoms with van der Waals surface area (Å²) in [5, 5.41) is 3.36. The molecule has 2 rings (SSSR count). The first-order valence-corrected chi connectivity index (χ1v) is 9.58. The van der Waals surface area contributed by atoms with Crippen molar-refractivity contribution in [2.45, 2.75) is 39.7 Å². The zero-order valence-corrected chi connectivity index (χ0v) is 18.7. The molecule has 148 valence electrons. The summed E-state index contributed by atoms with van der Waals surface area (Å²) in [6.07, 6.45) is 3.70. The van der Waals surface area contributed by atoms with Crippen LogP contribution in [0.5, 0.6) is 0 Å². The number of halogens is 2. The summed E-state index contributed by atoms with van der Waals surface area (Å²) in [5.74, 6) is 1.39. The van der Waals surface area contributed by atoms with Gasteiger partial charge in [-0.25, -0.2) is 4.39 Å². The second kappa shape index (κ2) is 12.5. The van der Waals surface area contributed by atoms with Crippen molar-refractivity contribution in [2.24, 2.45) is 10.9 Å². The highest BCUT2D eigenvalue weighted by Gasteiger charge is 2.18. The smallest absolute Gasteiger partial charge is 0.193 e. The lowest BCUT2D eigenvalue weighted by Crippen LogP contribution is -2.39. The van der Waals surface area contributed by atoms with Gasteiger partial charge in [0.1, 0.15) is 5.82 Å². The van der Waals surface area contributed by atoms with E-state index in [-0.39, 0.29) is 29.8 Å². The standard InChI is InChI=1S/C20H33FN4.HI/c1-4-11-25-12-9-17(10-13-25)15-23-20(22-5-2)24(3)16-18-7-6-8-19(21)14-18;/h6-8,14,17H,4-5,9-13,15-16H2,1-3H3,(H,22,23);1H. The van der Waals surface area contributed by atoms with Gasteiger partial charge in [0.2, 0.25) is 0 Å². The van der Waals surface area contributed by atoms with E-state index in [4.69, 9.17) is 4.99 Å². The van der Waals surface area contributed by atoms with Gasteiger partial charge in [-0.05, 0) is 69.4 Å². The van der Waals surface area contributed by atoms with Gasteiger partial charge >= 0.3 is 0 Å². The molecule has 1 fully saturated rings. The highest BCUT2D eigenvalue weighted by atomic mass is 127. The molecule has 0 aromatic heterocycles. The molecule has 4 nitrogen and oxygen atoms in total. The van der Waals surface area contributed by atoms with Crippen molar-refractivity contribution in [3.05, 3.63) is 35.6 Å². The molecule has 1 aliphatic heterocycles. The van der Waals surface area contributed by atoms with Crippen molar-refractivity contribution >= 4 is 29.9 Å². The average molecular weight is 476 g/mol. The maximum absolute atomic E-state index is 13.4. The Kier molecular flexibility index (Phi) is 11.1. The van der Waals surface area contributed by atoms with E-state index in [1.165, 1.54) is 45.0 Å². The summed E-state index contributed by atoms with van der Waals surface area (Å²) in [5.41, 5.74) is 0.959. The van der Waals surface area contributed by atoms with Crippen LogP contribution in [0.1, 0.15) is 38.7 Å². The summed E-state index contributed by atoms with van der Waals surface area (Å²) in [6.45, 7) is 10.3. The Morgan fingerprint density at radius 1 is 1.31 bits per heavy atom. The minimum absolute atomic E-state index is 0. The SMILES string of the molecule is CCCN1CCC(CN=C(NCC)N(C)Cc2cccc(F)c2)CC1.I. The second-order valence-electron chi connectivity index (χ2n) is 6.97. The first kappa shape index (κ1) is 23.1. The quantitative estimate of drug-likeness (QED) is 0.367. The normalized spacial score (nSPS) is 16.2. The first-order chi connectivity index (χ1) is 12.1. The maximum Gasteiger partial charge on any atom is 0.193 e.